The molecule has 1 N–H and O–H groups in total. The molecule has 3 aliphatic rings. The van der Waals surface area contributed by atoms with Crippen molar-refractivity contribution in [3.05, 3.63) is 52.1 Å². The van der Waals surface area contributed by atoms with Crippen molar-refractivity contribution in [3.63, 3.8) is 0 Å². The molecule has 0 amide bonds. The third kappa shape index (κ3) is 0.832. The van der Waals surface area contributed by atoms with E-state index in [1.807, 2.05) is 30.3 Å². The second-order valence-corrected chi connectivity index (χ2v) is 5.14. The molecule has 0 spiro atoms. The van der Waals surface area contributed by atoms with Crippen LogP contribution in [0.25, 0.3) is 0 Å². The third-order valence-corrected chi connectivity index (χ3v) is 4.56. The van der Waals surface area contributed by atoms with Crippen LogP contribution in [0.15, 0.2) is 36.4 Å². The lowest BCUT2D eigenvalue weighted by molar-refractivity contribution is -0.585. The minimum Gasteiger partial charge on any atom is -0.374 e. The summed E-state index contributed by atoms with van der Waals surface area (Å²) in [4.78, 5) is 11.6. The van der Waals surface area contributed by atoms with Gasteiger partial charge in [0.2, 0.25) is 0 Å². The summed E-state index contributed by atoms with van der Waals surface area (Å²) in [5, 5.41) is 15.0. The summed E-state index contributed by atoms with van der Waals surface area (Å²) in [5.74, 6) is 0.349. The average Bonchev–Trinajstić information content (AvgIpc) is 2.98. The zero-order valence-corrected chi connectivity index (χ0v) is 9.17. The van der Waals surface area contributed by atoms with Crippen LogP contribution in [0.4, 0.5) is 5.69 Å². The predicted molar refractivity (Wildman–Crippen MR) is 63.3 cm³/mol. The molecule has 17 heavy (non-hydrogen) atoms. The molecule has 1 saturated carbocycles. The van der Waals surface area contributed by atoms with Crippen LogP contribution in [0.5, 0.6) is 0 Å². The van der Waals surface area contributed by atoms with E-state index in [0.29, 0.717) is 5.92 Å². The molecular formula is C13H12N2O2. The van der Waals surface area contributed by atoms with E-state index in [9.17, 15) is 10.1 Å². The van der Waals surface area contributed by atoms with Gasteiger partial charge < -0.3 is 5.32 Å². The Balaban J connectivity index is 2.01. The molecule has 0 radical (unpaired) electrons. The molecule has 4 nitrogen and oxygen atoms in total. The molecule has 1 heterocycles. The first-order chi connectivity index (χ1) is 8.24. The van der Waals surface area contributed by atoms with E-state index in [1.54, 1.807) is 0 Å². The SMILES string of the molecule is O=[N+]([O-])[C@@]12c3ccccc3NC1[C@H]1C=C[C@@H]2C1. The van der Waals surface area contributed by atoms with Gasteiger partial charge in [0.25, 0.3) is 5.54 Å². The van der Waals surface area contributed by atoms with Crippen LogP contribution in [0.2, 0.25) is 0 Å². The van der Waals surface area contributed by atoms with Gasteiger partial charge in [0.1, 0.15) is 6.04 Å². The molecule has 86 valence electrons. The van der Waals surface area contributed by atoms with Gasteiger partial charge >= 0.3 is 0 Å². The summed E-state index contributed by atoms with van der Waals surface area (Å²) in [6, 6.07) is 7.60. The molecule has 4 heteroatoms. The molecule has 1 unspecified atom stereocenters. The maximum Gasteiger partial charge on any atom is 0.275 e. The largest absolute Gasteiger partial charge is 0.374 e. The van der Waals surface area contributed by atoms with Gasteiger partial charge in [-0.3, -0.25) is 10.1 Å². The zero-order valence-electron chi connectivity index (χ0n) is 9.17. The maximum atomic E-state index is 11.7. The Labute approximate surface area is 98.5 Å². The number of fused-ring (bicyclic) bond motifs is 7. The second-order valence-electron chi connectivity index (χ2n) is 5.14. The second kappa shape index (κ2) is 2.70. The van der Waals surface area contributed by atoms with Crippen molar-refractivity contribution in [1.82, 2.24) is 0 Å². The highest BCUT2D eigenvalue weighted by Gasteiger charge is 2.69. The van der Waals surface area contributed by atoms with Gasteiger partial charge in [-0.15, -0.1) is 0 Å². The zero-order chi connectivity index (χ0) is 11.6. The highest BCUT2D eigenvalue weighted by molar-refractivity contribution is 5.63. The Hall–Kier alpha value is -1.84. The number of nitrogens with one attached hydrogen (secondary N) is 1. The number of hydrogen-bond donors (Lipinski definition) is 1. The molecule has 1 fully saturated rings. The summed E-state index contributed by atoms with van der Waals surface area (Å²) in [6.45, 7) is 0. The Morgan fingerprint density at radius 1 is 1.35 bits per heavy atom. The monoisotopic (exact) mass is 228 g/mol. The molecule has 0 aromatic heterocycles. The van der Waals surface area contributed by atoms with Crippen LogP contribution in [0.3, 0.4) is 0 Å². The third-order valence-electron chi connectivity index (χ3n) is 4.56. The van der Waals surface area contributed by atoms with Gasteiger partial charge in [0.05, 0.1) is 11.5 Å². The molecule has 1 aliphatic heterocycles. The minimum atomic E-state index is -0.921. The Morgan fingerprint density at radius 2 is 2.18 bits per heavy atom. The topological polar surface area (TPSA) is 55.2 Å². The molecule has 1 aromatic carbocycles. The van der Waals surface area contributed by atoms with Gasteiger partial charge in [-0.2, -0.15) is 0 Å². The number of nitro groups is 1. The van der Waals surface area contributed by atoms with Crippen LogP contribution in [0, 0.1) is 22.0 Å². The van der Waals surface area contributed by atoms with E-state index in [0.717, 1.165) is 17.7 Å². The van der Waals surface area contributed by atoms with Crippen molar-refractivity contribution < 1.29 is 4.92 Å². The fraction of sp³-hybridized carbons (Fsp3) is 0.385. The summed E-state index contributed by atoms with van der Waals surface area (Å²) in [6.07, 6.45) is 5.08. The fourth-order valence-corrected chi connectivity index (χ4v) is 3.92. The number of anilines is 1. The first-order valence-electron chi connectivity index (χ1n) is 5.93. The highest BCUT2D eigenvalue weighted by atomic mass is 16.6. The number of nitrogens with zero attached hydrogens (tertiary/aromatic N) is 1. The number of para-hydroxylation sites is 1. The summed E-state index contributed by atoms with van der Waals surface area (Å²) in [5.41, 5.74) is 0.884. The van der Waals surface area contributed by atoms with Crippen LogP contribution in [-0.4, -0.2) is 11.0 Å². The minimum absolute atomic E-state index is 0.0450. The molecule has 1 aromatic rings. The van der Waals surface area contributed by atoms with Crippen LogP contribution in [0.1, 0.15) is 12.0 Å². The van der Waals surface area contributed by atoms with Crippen LogP contribution < -0.4 is 5.32 Å². The normalized spacial score (nSPS) is 39.9. The lowest BCUT2D eigenvalue weighted by atomic mass is 9.78. The Bertz CT molecular complexity index is 554. The van der Waals surface area contributed by atoms with Crippen LogP contribution >= 0.6 is 0 Å². The fourth-order valence-electron chi connectivity index (χ4n) is 3.92. The van der Waals surface area contributed by atoms with E-state index < -0.39 is 5.54 Å². The van der Waals surface area contributed by atoms with Crippen LogP contribution in [-0.2, 0) is 5.54 Å². The average molecular weight is 228 g/mol. The van der Waals surface area contributed by atoms with E-state index in [2.05, 4.69) is 11.4 Å². The lowest BCUT2D eigenvalue weighted by Crippen LogP contribution is -2.48. The van der Waals surface area contributed by atoms with E-state index in [1.165, 1.54) is 0 Å². The van der Waals surface area contributed by atoms with Crippen molar-refractivity contribution in [2.24, 2.45) is 11.8 Å². The molecule has 0 saturated heterocycles. The summed E-state index contributed by atoms with van der Waals surface area (Å²) < 4.78 is 0. The standard InChI is InChI=1S/C13H12N2O2/c16-15(17)13-9-6-5-8(7-9)12(13)14-11-4-2-1-3-10(11)13/h1-6,8-9,12,14H,7H2/t8-,9+,12?,13-/m0/s1. The molecule has 4 atom stereocenters. The molecular weight excluding hydrogens is 216 g/mol. The number of benzene rings is 1. The number of hydrogen-bond acceptors (Lipinski definition) is 3. The number of rotatable bonds is 1. The lowest BCUT2D eigenvalue weighted by Gasteiger charge is -2.28. The Kier molecular flexibility index (Phi) is 1.46. The maximum absolute atomic E-state index is 11.7. The van der Waals surface area contributed by atoms with E-state index in [4.69, 9.17) is 0 Å². The van der Waals surface area contributed by atoms with Crippen molar-refractivity contribution in [1.29, 1.82) is 0 Å². The van der Waals surface area contributed by atoms with Crippen molar-refractivity contribution in [2.75, 3.05) is 5.32 Å². The van der Waals surface area contributed by atoms with Gasteiger partial charge in [-0.25, -0.2) is 0 Å². The van der Waals surface area contributed by atoms with Gasteiger partial charge in [-0.05, 0) is 18.6 Å². The van der Waals surface area contributed by atoms with Crippen molar-refractivity contribution in [3.8, 4) is 0 Å². The van der Waals surface area contributed by atoms with Gasteiger partial charge in [0, 0.05) is 16.5 Å². The first kappa shape index (κ1) is 9.22. The summed E-state index contributed by atoms with van der Waals surface area (Å²) in [7, 11) is 0. The quantitative estimate of drug-likeness (QED) is 0.455. The molecule has 2 aliphatic carbocycles. The first-order valence-corrected chi connectivity index (χ1v) is 5.93. The smallest absolute Gasteiger partial charge is 0.275 e. The summed E-state index contributed by atoms with van der Waals surface area (Å²) >= 11 is 0. The van der Waals surface area contributed by atoms with Crippen molar-refractivity contribution in [2.45, 2.75) is 18.0 Å². The Morgan fingerprint density at radius 3 is 3.00 bits per heavy atom. The molecule has 2 bridgehead atoms. The van der Waals surface area contributed by atoms with Gasteiger partial charge in [0.15, 0.2) is 0 Å². The van der Waals surface area contributed by atoms with E-state index >= 15 is 0 Å². The highest BCUT2D eigenvalue weighted by Crippen LogP contribution is 2.59. The van der Waals surface area contributed by atoms with E-state index in [-0.39, 0.29) is 16.9 Å². The van der Waals surface area contributed by atoms with Crippen molar-refractivity contribution >= 4 is 5.69 Å². The predicted octanol–water partition coefficient (Wildman–Crippen LogP) is 2.16. The van der Waals surface area contributed by atoms with Gasteiger partial charge in [-0.1, -0.05) is 24.3 Å². The molecule has 4 rings (SSSR count).